The molecule has 0 aliphatic carbocycles. The third-order valence-corrected chi connectivity index (χ3v) is 9.60. The number of allylic oxidation sites excluding steroid dienone is 2. The molecule has 3 heterocycles. The summed E-state index contributed by atoms with van der Waals surface area (Å²) < 4.78 is 39.7. The highest BCUT2D eigenvalue weighted by Crippen LogP contribution is 2.44. The van der Waals surface area contributed by atoms with Crippen LogP contribution in [0, 0.1) is 13.8 Å². The van der Waals surface area contributed by atoms with Gasteiger partial charge < -0.3 is 27.2 Å². The second kappa shape index (κ2) is 12.5. The molecule has 0 atom stereocenters. The fourth-order valence-corrected chi connectivity index (χ4v) is 7.19. The Balaban J connectivity index is 1.13. The van der Waals surface area contributed by atoms with Crippen molar-refractivity contribution in [2.45, 2.75) is 27.7 Å². The van der Waals surface area contributed by atoms with E-state index in [1.165, 1.54) is 8.96 Å². The predicted molar refractivity (Wildman–Crippen MR) is 188 cm³/mol. The summed E-state index contributed by atoms with van der Waals surface area (Å²) >= 11 is 1.12. The zero-order chi connectivity index (χ0) is 33.6. The van der Waals surface area contributed by atoms with Crippen molar-refractivity contribution in [1.29, 1.82) is 0 Å². The molecule has 2 aliphatic heterocycles. The van der Waals surface area contributed by atoms with E-state index in [1.54, 1.807) is 38.1 Å². The third-order valence-electron chi connectivity index (χ3n) is 8.73. The van der Waals surface area contributed by atoms with E-state index >= 15 is 8.63 Å². The normalized spacial score (nSPS) is 14.9. The van der Waals surface area contributed by atoms with Crippen molar-refractivity contribution in [3.63, 3.8) is 0 Å². The van der Waals surface area contributed by atoms with E-state index in [1.807, 2.05) is 93.5 Å². The van der Waals surface area contributed by atoms with Gasteiger partial charge in [0.15, 0.2) is 5.70 Å². The van der Waals surface area contributed by atoms with Crippen molar-refractivity contribution in [3.05, 3.63) is 130 Å². The van der Waals surface area contributed by atoms with Crippen molar-refractivity contribution < 1.29 is 27.4 Å². The Bertz CT molecular complexity index is 1990. The van der Waals surface area contributed by atoms with Crippen LogP contribution in [-0.4, -0.2) is 59.2 Å². The van der Waals surface area contributed by atoms with Crippen LogP contribution in [0.5, 0.6) is 0 Å². The molecule has 6 nitrogen and oxygen atoms in total. The Morgan fingerprint density at radius 2 is 1.43 bits per heavy atom. The average molecular weight is 652 g/mol. The molecule has 0 unspecified atom stereocenters. The summed E-state index contributed by atoms with van der Waals surface area (Å²) in [7, 11) is 3.88. The van der Waals surface area contributed by atoms with Crippen LogP contribution < -0.4 is 4.90 Å². The molecule has 0 N–H and O–H groups in total. The standard InChI is InChI=1S/C37H36BF2N3O3S/c1-23-21-25(3)42-34(23)33(35-24(2)22-26(4)43(35)38(42,39)40)29-11-7-27(8-12-29)28-9-13-30(14-10-28)36(44)46-19-20-47-37(45)31-15-17-32(18-16-31)41(5)6/h7-18,21-22H,19-20H2,1-6H3. The highest BCUT2D eigenvalue weighted by molar-refractivity contribution is 8.14. The molecule has 4 aromatic rings. The van der Waals surface area contributed by atoms with Crippen LogP contribution in [0.3, 0.4) is 0 Å². The zero-order valence-corrected chi connectivity index (χ0v) is 28.1. The molecule has 0 bridgehead atoms. The average Bonchev–Trinajstić information content (AvgIpc) is 3.53. The first-order chi connectivity index (χ1) is 22.4. The highest BCUT2D eigenvalue weighted by atomic mass is 32.2. The van der Waals surface area contributed by atoms with Gasteiger partial charge in [-0.15, -0.1) is 0 Å². The number of nitrogens with zero attached hydrogens (tertiary/aromatic N) is 3. The van der Waals surface area contributed by atoms with Gasteiger partial charge in [0, 0.05) is 55.4 Å². The Morgan fingerprint density at radius 1 is 0.851 bits per heavy atom. The van der Waals surface area contributed by atoms with Gasteiger partial charge in [-0.1, -0.05) is 48.2 Å². The van der Waals surface area contributed by atoms with Gasteiger partial charge in [-0.25, -0.2) is 4.79 Å². The predicted octanol–water partition coefficient (Wildman–Crippen LogP) is 8.00. The first kappa shape index (κ1) is 32.3. The van der Waals surface area contributed by atoms with Gasteiger partial charge in [-0.3, -0.25) is 4.79 Å². The molecule has 6 rings (SSSR count). The van der Waals surface area contributed by atoms with Crippen molar-refractivity contribution in [3.8, 4) is 11.1 Å². The van der Waals surface area contributed by atoms with Gasteiger partial charge in [0.05, 0.1) is 11.1 Å². The van der Waals surface area contributed by atoms with E-state index in [0.717, 1.165) is 50.8 Å². The number of aryl methyl sites for hydroxylation is 2. The summed E-state index contributed by atoms with van der Waals surface area (Å²) in [5.41, 5.74) is 9.32. The molecule has 2 aliphatic rings. The van der Waals surface area contributed by atoms with Crippen LogP contribution in [0.2, 0.25) is 0 Å². The second-order valence-electron chi connectivity index (χ2n) is 12.2. The number of aromatic nitrogens is 1. The van der Waals surface area contributed by atoms with Crippen LogP contribution in [0.15, 0.2) is 96.2 Å². The molecule has 10 heteroatoms. The SMILES string of the molecule is CC1=CC(C)=[N+]2C1=C(c1ccc(-c3ccc(C(=O)OCCSC(=O)c4ccc(N(C)C)cc4)cc3)cc1)c1c(C)cc(C)n1[B-]2(F)F. The lowest BCUT2D eigenvalue weighted by molar-refractivity contribution is -0.363. The number of anilines is 1. The number of benzene rings is 3. The van der Waals surface area contributed by atoms with E-state index in [2.05, 4.69) is 0 Å². The number of halogens is 2. The molecule has 0 saturated heterocycles. The zero-order valence-electron chi connectivity index (χ0n) is 27.3. The van der Waals surface area contributed by atoms with Gasteiger partial charge in [0.25, 0.3) is 0 Å². The number of hydrogen-bond donors (Lipinski definition) is 0. The van der Waals surface area contributed by atoms with Gasteiger partial charge in [0.2, 0.25) is 5.12 Å². The monoisotopic (exact) mass is 651 g/mol. The van der Waals surface area contributed by atoms with Gasteiger partial charge in [-0.2, -0.15) is 0 Å². The highest BCUT2D eigenvalue weighted by Gasteiger charge is 2.55. The molecule has 1 aromatic heterocycles. The number of fused-ring (bicyclic) bond motifs is 2. The van der Waals surface area contributed by atoms with Crippen molar-refractivity contribution >= 4 is 46.8 Å². The Labute approximate surface area is 278 Å². The second-order valence-corrected chi connectivity index (χ2v) is 13.3. The first-order valence-corrected chi connectivity index (χ1v) is 16.5. The molecule has 0 fully saturated rings. The third kappa shape index (κ3) is 5.87. The molecule has 0 spiro atoms. The maximum atomic E-state index is 15.9. The van der Waals surface area contributed by atoms with Crippen LogP contribution in [0.1, 0.15) is 57.1 Å². The molecule has 0 radical (unpaired) electrons. The Hall–Kier alpha value is -4.70. The summed E-state index contributed by atoms with van der Waals surface area (Å²) in [6, 6.07) is 24.2. The van der Waals surface area contributed by atoms with E-state index in [-0.39, 0.29) is 11.7 Å². The molecule has 0 amide bonds. The summed E-state index contributed by atoms with van der Waals surface area (Å²) in [4.78, 5) is 27.1. The quantitative estimate of drug-likeness (QED) is 0.110. The summed E-state index contributed by atoms with van der Waals surface area (Å²) in [5, 5.41) is -0.0687. The molecular formula is C37H36BF2N3O3S. The molecule has 47 heavy (non-hydrogen) atoms. The number of hydrogen-bond acceptors (Lipinski definition) is 5. The van der Waals surface area contributed by atoms with E-state index in [4.69, 9.17) is 4.74 Å². The van der Waals surface area contributed by atoms with E-state index in [0.29, 0.717) is 39.7 Å². The van der Waals surface area contributed by atoms with Gasteiger partial charge >= 0.3 is 12.9 Å². The minimum absolute atomic E-state index is 0.0687. The lowest BCUT2D eigenvalue weighted by Crippen LogP contribution is -2.51. The minimum Gasteiger partial charge on any atom is -0.461 e. The number of esters is 1. The largest absolute Gasteiger partial charge is 0.737 e. The fourth-order valence-electron chi connectivity index (χ4n) is 6.53. The Kier molecular flexibility index (Phi) is 8.57. The topological polar surface area (TPSA) is 54.5 Å². The molecule has 240 valence electrons. The van der Waals surface area contributed by atoms with Crippen LogP contribution in [-0.2, 0) is 4.74 Å². The summed E-state index contributed by atoms with van der Waals surface area (Å²) in [5.74, 6) is -0.0971. The van der Waals surface area contributed by atoms with Crippen molar-refractivity contribution in [2.24, 2.45) is 0 Å². The smallest absolute Gasteiger partial charge is 0.461 e. The Morgan fingerprint density at radius 3 is 2.04 bits per heavy atom. The van der Waals surface area contributed by atoms with Crippen LogP contribution >= 0.6 is 11.8 Å². The minimum atomic E-state index is -4.03. The lowest BCUT2D eigenvalue weighted by atomic mass is 9.83. The summed E-state index contributed by atoms with van der Waals surface area (Å²) in [6.45, 7) is 3.32. The number of thioether (sulfide) groups is 1. The van der Waals surface area contributed by atoms with Crippen molar-refractivity contribution in [2.75, 3.05) is 31.4 Å². The number of carbonyl (C=O) groups excluding carboxylic acids is 2. The number of rotatable bonds is 8. The number of ether oxygens (including phenoxy) is 1. The molecule has 0 saturated carbocycles. The maximum absolute atomic E-state index is 15.9. The van der Waals surface area contributed by atoms with Crippen LogP contribution in [0.4, 0.5) is 14.3 Å². The van der Waals surface area contributed by atoms with Gasteiger partial charge in [-0.05, 0) is 91.2 Å². The fraction of sp³-hybridized carbons (Fsp3) is 0.216. The molecule has 3 aromatic carbocycles. The number of carbonyl (C=O) groups is 2. The van der Waals surface area contributed by atoms with E-state index in [9.17, 15) is 9.59 Å². The summed E-state index contributed by atoms with van der Waals surface area (Å²) in [6.07, 6.45) is 1.83. The van der Waals surface area contributed by atoms with Crippen LogP contribution in [0.25, 0.3) is 16.7 Å². The molecular weight excluding hydrogens is 615 g/mol. The lowest BCUT2D eigenvalue weighted by Gasteiger charge is -2.34. The van der Waals surface area contributed by atoms with Gasteiger partial charge in [0.1, 0.15) is 12.3 Å². The van der Waals surface area contributed by atoms with Crippen molar-refractivity contribution in [1.82, 2.24) is 4.48 Å². The first-order valence-electron chi connectivity index (χ1n) is 15.5. The maximum Gasteiger partial charge on any atom is 0.737 e. The van der Waals surface area contributed by atoms with E-state index < -0.39 is 12.9 Å².